The number of halogens is 2. The van der Waals surface area contributed by atoms with Gasteiger partial charge in [0.05, 0.1) is 10.7 Å². The van der Waals surface area contributed by atoms with Gasteiger partial charge in [0.2, 0.25) is 0 Å². The Labute approximate surface area is 108 Å². The molecule has 90 valence electrons. The van der Waals surface area contributed by atoms with Gasteiger partial charge in [-0.15, -0.1) is 0 Å². The maximum atomic E-state index is 6.17. The fourth-order valence-corrected chi connectivity index (χ4v) is 1.93. The molecular formula is C13H19Cl2N. The molecule has 1 aromatic carbocycles. The van der Waals surface area contributed by atoms with Crippen molar-refractivity contribution in [3.05, 3.63) is 27.7 Å². The molecule has 1 aromatic rings. The van der Waals surface area contributed by atoms with Gasteiger partial charge in [0.1, 0.15) is 0 Å². The quantitative estimate of drug-likeness (QED) is 0.789. The van der Waals surface area contributed by atoms with Gasteiger partial charge in [-0.25, -0.2) is 0 Å². The summed E-state index contributed by atoms with van der Waals surface area (Å²) in [6, 6.07) is 4.19. The molecule has 2 unspecified atom stereocenters. The zero-order valence-corrected chi connectivity index (χ0v) is 11.8. The van der Waals surface area contributed by atoms with Crippen molar-refractivity contribution in [2.75, 3.05) is 5.32 Å². The molecule has 0 aliphatic rings. The van der Waals surface area contributed by atoms with Gasteiger partial charge in [-0.05, 0) is 37.5 Å². The lowest BCUT2D eigenvalue weighted by Crippen LogP contribution is -2.23. The Morgan fingerprint density at radius 3 is 2.38 bits per heavy atom. The smallest absolute Gasteiger partial charge is 0.0641 e. The van der Waals surface area contributed by atoms with E-state index in [4.69, 9.17) is 23.2 Å². The molecule has 0 heterocycles. The van der Waals surface area contributed by atoms with Crippen molar-refractivity contribution in [3.63, 3.8) is 0 Å². The van der Waals surface area contributed by atoms with Crippen LogP contribution in [-0.2, 0) is 0 Å². The summed E-state index contributed by atoms with van der Waals surface area (Å²) in [6.07, 6.45) is 1.14. The molecule has 16 heavy (non-hydrogen) atoms. The third-order valence-electron chi connectivity index (χ3n) is 3.13. The van der Waals surface area contributed by atoms with E-state index in [1.807, 2.05) is 19.1 Å². The highest BCUT2D eigenvalue weighted by Gasteiger charge is 2.12. The second-order valence-corrected chi connectivity index (χ2v) is 5.21. The van der Waals surface area contributed by atoms with Crippen LogP contribution in [0, 0.1) is 12.8 Å². The minimum Gasteiger partial charge on any atom is -0.381 e. The van der Waals surface area contributed by atoms with Gasteiger partial charge in [-0.1, -0.05) is 43.5 Å². The van der Waals surface area contributed by atoms with Crippen molar-refractivity contribution in [2.45, 2.75) is 40.2 Å². The molecule has 0 saturated heterocycles. The van der Waals surface area contributed by atoms with Crippen molar-refractivity contribution < 1.29 is 0 Å². The summed E-state index contributed by atoms with van der Waals surface area (Å²) >= 11 is 12.3. The first-order chi connectivity index (χ1) is 7.45. The Bertz CT molecular complexity index is 363. The van der Waals surface area contributed by atoms with Crippen LogP contribution in [0.5, 0.6) is 0 Å². The molecule has 1 nitrogen and oxygen atoms in total. The second kappa shape index (κ2) is 5.79. The van der Waals surface area contributed by atoms with Crippen LogP contribution in [0.4, 0.5) is 5.69 Å². The molecule has 0 radical (unpaired) electrons. The molecule has 0 saturated carbocycles. The maximum absolute atomic E-state index is 6.17. The van der Waals surface area contributed by atoms with Crippen molar-refractivity contribution in [1.82, 2.24) is 0 Å². The van der Waals surface area contributed by atoms with Crippen LogP contribution >= 0.6 is 23.2 Å². The fourth-order valence-electron chi connectivity index (χ4n) is 1.50. The first kappa shape index (κ1) is 13.7. The van der Waals surface area contributed by atoms with E-state index >= 15 is 0 Å². The summed E-state index contributed by atoms with van der Waals surface area (Å²) in [5.41, 5.74) is 1.93. The van der Waals surface area contributed by atoms with E-state index in [1.54, 1.807) is 0 Å². The number of hydrogen-bond acceptors (Lipinski definition) is 1. The lowest BCUT2D eigenvalue weighted by atomic mass is 10.0. The molecule has 0 bridgehead atoms. The fraction of sp³-hybridized carbons (Fsp3) is 0.538. The second-order valence-electron chi connectivity index (χ2n) is 4.40. The Morgan fingerprint density at radius 1 is 1.19 bits per heavy atom. The van der Waals surface area contributed by atoms with Crippen LogP contribution < -0.4 is 5.32 Å². The topological polar surface area (TPSA) is 12.0 Å². The van der Waals surface area contributed by atoms with Gasteiger partial charge in [0.25, 0.3) is 0 Å². The van der Waals surface area contributed by atoms with Gasteiger partial charge < -0.3 is 5.32 Å². The van der Waals surface area contributed by atoms with E-state index in [2.05, 4.69) is 26.1 Å². The Morgan fingerprint density at radius 2 is 1.81 bits per heavy atom. The van der Waals surface area contributed by atoms with E-state index in [1.165, 1.54) is 0 Å². The van der Waals surface area contributed by atoms with E-state index in [9.17, 15) is 0 Å². The number of rotatable bonds is 4. The standard InChI is InChI=1S/C13H19Cl2N/c1-5-8(2)10(4)16-13-7-11(14)9(3)6-12(13)15/h6-8,10,16H,5H2,1-4H3. The number of nitrogens with one attached hydrogen (secondary N) is 1. The molecule has 1 N–H and O–H groups in total. The monoisotopic (exact) mass is 259 g/mol. The van der Waals surface area contributed by atoms with Crippen LogP contribution in [0.3, 0.4) is 0 Å². The van der Waals surface area contributed by atoms with Gasteiger partial charge >= 0.3 is 0 Å². The van der Waals surface area contributed by atoms with Crippen molar-refractivity contribution in [2.24, 2.45) is 5.92 Å². The molecule has 0 aliphatic heterocycles. The largest absolute Gasteiger partial charge is 0.381 e. The molecule has 0 amide bonds. The molecular weight excluding hydrogens is 241 g/mol. The molecule has 0 aromatic heterocycles. The number of benzene rings is 1. The van der Waals surface area contributed by atoms with Crippen molar-refractivity contribution >= 4 is 28.9 Å². The Kier molecular flexibility index (Phi) is 4.94. The normalized spacial score (nSPS) is 14.6. The summed E-state index contributed by atoms with van der Waals surface area (Å²) in [4.78, 5) is 0. The van der Waals surface area contributed by atoms with Crippen LogP contribution in [0.1, 0.15) is 32.8 Å². The predicted octanol–water partition coefficient (Wildman–Crippen LogP) is 5.15. The number of aryl methyl sites for hydroxylation is 1. The summed E-state index contributed by atoms with van der Waals surface area (Å²) in [6.45, 7) is 8.53. The molecule has 3 heteroatoms. The predicted molar refractivity (Wildman–Crippen MR) is 73.7 cm³/mol. The van der Waals surface area contributed by atoms with E-state index in [0.717, 1.165) is 27.7 Å². The minimum atomic E-state index is 0.390. The molecule has 1 rings (SSSR count). The van der Waals surface area contributed by atoms with Crippen LogP contribution in [0.2, 0.25) is 10.0 Å². The van der Waals surface area contributed by atoms with Gasteiger partial charge in [-0.2, -0.15) is 0 Å². The molecule has 0 aliphatic carbocycles. The van der Waals surface area contributed by atoms with Crippen LogP contribution in [0.15, 0.2) is 12.1 Å². The Balaban J connectivity index is 2.85. The summed E-state index contributed by atoms with van der Waals surface area (Å²) in [5.74, 6) is 0.608. The third-order valence-corrected chi connectivity index (χ3v) is 3.85. The van der Waals surface area contributed by atoms with Crippen molar-refractivity contribution in [1.29, 1.82) is 0 Å². The molecule has 2 atom stereocenters. The van der Waals surface area contributed by atoms with E-state index in [0.29, 0.717) is 12.0 Å². The highest BCUT2D eigenvalue weighted by atomic mass is 35.5. The van der Waals surface area contributed by atoms with Gasteiger partial charge in [0.15, 0.2) is 0 Å². The number of hydrogen-bond donors (Lipinski definition) is 1. The molecule has 0 fully saturated rings. The summed E-state index contributed by atoms with van der Waals surface area (Å²) < 4.78 is 0. The first-order valence-corrected chi connectivity index (χ1v) is 6.43. The number of anilines is 1. The van der Waals surface area contributed by atoms with Gasteiger partial charge in [0, 0.05) is 11.1 Å². The van der Waals surface area contributed by atoms with E-state index < -0.39 is 0 Å². The highest BCUT2D eigenvalue weighted by molar-refractivity contribution is 6.35. The van der Waals surface area contributed by atoms with E-state index in [-0.39, 0.29) is 0 Å². The zero-order valence-electron chi connectivity index (χ0n) is 10.3. The average Bonchev–Trinajstić information content (AvgIpc) is 2.24. The minimum absolute atomic E-state index is 0.390. The van der Waals surface area contributed by atoms with Crippen LogP contribution in [-0.4, -0.2) is 6.04 Å². The lowest BCUT2D eigenvalue weighted by Gasteiger charge is -2.22. The SMILES string of the molecule is CCC(C)C(C)Nc1cc(Cl)c(C)cc1Cl. The first-order valence-electron chi connectivity index (χ1n) is 5.67. The maximum Gasteiger partial charge on any atom is 0.0641 e. The van der Waals surface area contributed by atoms with Crippen LogP contribution in [0.25, 0.3) is 0 Å². The summed E-state index contributed by atoms with van der Waals surface area (Å²) in [5, 5.41) is 4.90. The molecule has 0 spiro atoms. The lowest BCUT2D eigenvalue weighted by molar-refractivity contribution is 0.495. The average molecular weight is 260 g/mol. The zero-order chi connectivity index (χ0) is 12.3. The Hall–Kier alpha value is -0.400. The summed E-state index contributed by atoms with van der Waals surface area (Å²) in [7, 11) is 0. The van der Waals surface area contributed by atoms with Gasteiger partial charge in [-0.3, -0.25) is 0 Å². The van der Waals surface area contributed by atoms with Crippen molar-refractivity contribution in [3.8, 4) is 0 Å². The highest BCUT2D eigenvalue weighted by Crippen LogP contribution is 2.30. The third kappa shape index (κ3) is 3.29.